The normalized spacial score (nSPS) is 15.5. The molecule has 0 saturated heterocycles. The van der Waals surface area contributed by atoms with Crippen LogP contribution in [0.1, 0.15) is 35.3 Å². The summed E-state index contributed by atoms with van der Waals surface area (Å²) in [7, 11) is 0. The van der Waals surface area contributed by atoms with Crippen molar-refractivity contribution in [2.24, 2.45) is 5.73 Å². The van der Waals surface area contributed by atoms with Crippen molar-refractivity contribution in [3.05, 3.63) is 47.2 Å². The third-order valence-electron chi connectivity index (χ3n) is 3.90. The minimum atomic E-state index is -0.512. The smallest absolute Gasteiger partial charge is 0.252 e. The van der Waals surface area contributed by atoms with Crippen molar-refractivity contribution in [1.29, 1.82) is 0 Å². The van der Waals surface area contributed by atoms with E-state index in [1.54, 1.807) is 18.3 Å². The maximum Gasteiger partial charge on any atom is 0.252 e. The molecule has 2 aromatic rings. The van der Waals surface area contributed by atoms with Gasteiger partial charge in [-0.05, 0) is 38.1 Å². The SMILES string of the molecule is CCOc1cc2c(cc1CNc1ncccc1C(N)=O)O[C@@H](C)C2. The lowest BCUT2D eigenvalue weighted by atomic mass is 10.1. The summed E-state index contributed by atoms with van der Waals surface area (Å²) in [5.41, 5.74) is 7.86. The summed E-state index contributed by atoms with van der Waals surface area (Å²) in [6, 6.07) is 7.35. The van der Waals surface area contributed by atoms with Crippen LogP contribution in [-0.4, -0.2) is 23.6 Å². The zero-order valence-electron chi connectivity index (χ0n) is 13.8. The molecule has 1 aliphatic heterocycles. The quantitative estimate of drug-likeness (QED) is 0.851. The van der Waals surface area contributed by atoms with E-state index in [0.717, 1.165) is 29.0 Å². The zero-order chi connectivity index (χ0) is 17.1. The van der Waals surface area contributed by atoms with E-state index in [1.807, 2.05) is 26.0 Å². The fourth-order valence-corrected chi connectivity index (χ4v) is 2.83. The Kier molecular flexibility index (Phi) is 4.55. The van der Waals surface area contributed by atoms with Crippen molar-refractivity contribution in [1.82, 2.24) is 4.98 Å². The number of carbonyl (C=O) groups excluding carboxylic acids is 1. The molecule has 2 heterocycles. The molecule has 0 saturated carbocycles. The lowest BCUT2D eigenvalue weighted by Crippen LogP contribution is -2.15. The summed E-state index contributed by atoms with van der Waals surface area (Å²) < 4.78 is 11.6. The van der Waals surface area contributed by atoms with Crippen LogP contribution in [0.15, 0.2) is 30.5 Å². The maximum atomic E-state index is 11.5. The van der Waals surface area contributed by atoms with Gasteiger partial charge in [-0.15, -0.1) is 0 Å². The van der Waals surface area contributed by atoms with Crippen LogP contribution in [0.3, 0.4) is 0 Å². The molecule has 0 unspecified atom stereocenters. The highest BCUT2D eigenvalue weighted by Gasteiger charge is 2.22. The van der Waals surface area contributed by atoms with Crippen LogP contribution >= 0.6 is 0 Å². The largest absolute Gasteiger partial charge is 0.494 e. The molecular weight excluding hydrogens is 306 g/mol. The number of hydrogen-bond donors (Lipinski definition) is 2. The van der Waals surface area contributed by atoms with E-state index >= 15 is 0 Å². The number of nitrogens with two attached hydrogens (primary N) is 1. The fourth-order valence-electron chi connectivity index (χ4n) is 2.83. The number of nitrogens with one attached hydrogen (secondary N) is 1. The van der Waals surface area contributed by atoms with Crippen molar-refractivity contribution in [3.63, 3.8) is 0 Å². The summed E-state index contributed by atoms with van der Waals surface area (Å²) >= 11 is 0. The van der Waals surface area contributed by atoms with Crippen LogP contribution in [-0.2, 0) is 13.0 Å². The number of ether oxygens (including phenoxy) is 2. The molecule has 0 bridgehead atoms. The Labute approximate surface area is 141 Å². The second-order valence-corrected chi connectivity index (χ2v) is 5.75. The Morgan fingerprint density at radius 3 is 3.08 bits per heavy atom. The molecular formula is C18H21N3O3. The van der Waals surface area contributed by atoms with E-state index < -0.39 is 5.91 Å². The molecule has 0 spiro atoms. The molecule has 0 aliphatic carbocycles. The number of carbonyl (C=O) groups is 1. The molecule has 1 aromatic heterocycles. The lowest BCUT2D eigenvalue weighted by molar-refractivity contribution is 0.100. The van der Waals surface area contributed by atoms with E-state index in [1.165, 1.54) is 0 Å². The van der Waals surface area contributed by atoms with Crippen molar-refractivity contribution in [3.8, 4) is 11.5 Å². The summed E-state index contributed by atoms with van der Waals surface area (Å²) in [6.07, 6.45) is 2.68. The minimum Gasteiger partial charge on any atom is -0.494 e. The van der Waals surface area contributed by atoms with Crippen LogP contribution in [0, 0.1) is 0 Å². The molecule has 6 nitrogen and oxygen atoms in total. The first-order chi connectivity index (χ1) is 11.6. The van der Waals surface area contributed by atoms with Crippen molar-refractivity contribution in [2.75, 3.05) is 11.9 Å². The highest BCUT2D eigenvalue weighted by atomic mass is 16.5. The Morgan fingerprint density at radius 2 is 2.33 bits per heavy atom. The minimum absolute atomic E-state index is 0.176. The number of nitrogens with zero attached hydrogens (tertiary/aromatic N) is 1. The molecule has 1 atom stereocenters. The van der Waals surface area contributed by atoms with Gasteiger partial charge >= 0.3 is 0 Å². The lowest BCUT2D eigenvalue weighted by Gasteiger charge is -2.14. The van der Waals surface area contributed by atoms with Crippen LogP contribution in [0.25, 0.3) is 0 Å². The van der Waals surface area contributed by atoms with Gasteiger partial charge in [0, 0.05) is 30.3 Å². The first kappa shape index (κ1) is 16.1. The molecule has 126 valence electrons. The van der Waals surface area contributed by atoms with E-state index in [0.29, 0.717) is 24.5 Å². The number of pyridine rings is 1. The summed E-state index contributed by atoms with van der Waals surface area (Å²) in [6.45, 7) is 5.04. The molecule has 0 fully saturated rings. The number of aromatic nitrogens is 1. The van der Waals surface area contributed by atoms with Crippen LogP contribution in [0.4, 0.5) is 5.82 Å². The second-order valence-electron chi connectivity index (χ2n) is 5.75. The van der Waals surface area contributed by atoms with Crippen LogP contribution < -0.4 is 20.5 Å². The maximum absolute atomic E-state index is 11.5. The van der Waals surface area contributed by atoms with Gasteiger partial charge < -0.3 is 20.5 Å². The van der Waals surface area contributed by atoms with E-state index in [-0.39, 0.29) is 6.10 Å². The van der Waals surface area contributed by atoms with Crippen LogP contribution in [0.2, 0.25) is 0 Å². The van der Waals surface area contributed by atoms with Crippen molar-refractivity contribution < 1.29 is 14.3 Å². The number of anilines is 1. The van der Waals surface area contributed by atoms with Gasteiger partial charge in [-0.1, -0.05) is 0 Å². The van der Waals surface area contributed by atoms with E-state index in [4.69, 9.17) is 15.2 Å². The third-order valence-corrected chi connectivity index (χ3v) is 3.90. The second kappa shape index (κ2) is 6.78. The number of hydrogen-bond acceptors (Lipinski definition) is 5. The van der Waals surface area contributed by atoms with Gasteiger partial charge in [0.15, 0.2) is 0 Å². The van der Waals surface area contributed by atoms with Crippen LogP contribution in [0.5, 0.6) is 11.5 Å². The van der Waals surface area contributed by atoms with Gasteiger partial charge in [0.25, 0.3) is 5.91 Å². The molecule has 3 N–H and O–H groups in total. The Balaban J connectivity index is 1.85. The third kappa shape index (κ3) is 3.27. The van der Waals surface area contributed by atoms with Crippen molar-refractivity contribution in [2.45, 2.75) is 32.9 Å². The predicted octanol–water partition coefficient (Wildman–Crippen LogP) is 2.51. The van der Waals surface area contributed by atoms with Gasteiger partial charge in [0.05, 0.1) is 12.2 Å². The average Bonchev–Trinajstić information content (AvgIpc) is 2.92. The number of fused-ring (bicyclic) bond motifs is 1. The molecule has 0 radical (unpaired) electrons. The van der Waals surface area contributed by atoms with E-state index in [9.17, 15) is 4.79 Å². The first-order valence-corrected chi connectivity index (χ1v) is 8.02. The van der Waals surface area contributed by atoms with Crippen molar-refractivity contribution >= 4 is 11.7 Å². The summed E-state index contributed by atoms with van der Waals surface area (Å²) in [5, 5.41) is 3.16. The topological polar surface area (TPSA) is 86.5 Å². The number of benzene rings is 1. The molecule has 6 heteroatoms. The Morgan fingerprint density at radius 1 is 1.50 bits per heavy atom. The fraction of sp³-hybridized carbons (Fsp3) is 0.333. The highest BCUT2D eigenvalue weighted by Crippen LogP contribution is 2.35. The Hall–Kier alpha value is -2.76. The van der Waals surface area contributed by atoms with E-state index in [2.05, 4.69) is 10.3 Å². The molecule has 24 heavy (non-hydrogen) atoms. The molecule has 3 rings (SSSR count). The van der Waals surface area contributed by atoms with Gasteiger partial charge in [0.2, 0.25) is 0 Å². The van der Waals surface area contributed by atoms with Gasteiger partial charge in [-0.3, -0.25) is 4.79 Å². The highest BCUT2D eigenvalue weighted by molar-refractivity contribution is 5.97. The van der Waals surface area contributed by atoms with Gasteiger partial charge in [-0.25, -0.2) is 4.98 Å². The summed E-state index contributed by atoms with van der Waals surface area (Å²) in [5.74, 6) is 1.65. The average molecular weight is 327 g/mol. The zero-order valence-corrected chi connectivity index (χ0v) is 13.8. The summed E-state index contributed by atoms with van der Waals surface area (Å²) in [4.78, 5) is 15.7. The molecule has 1 amide bonds. The number of rotatable bonds is 6. The number of amides is 1. The molecule has 1 aliphatic rings. The van der Waals surface area contributed by atoms with Gasteiger partial charge in [-0.2, -0.15) is 0 Å². The standard InChI is InChI=1S/C18H21N3O3/c1-3-23-15-8-12-7-11(2)24-16(12)9-13(15)10-21-18-14(17(19)22)5-4-6-20-18/h4-6,8-9,11H,3,7,10H2,1-2H3,(H2,19,22)(H,20,21)/t11-/m0/s1. The number of primary amides is 1. The first-order valence-electron chi connectivity index (χ1n) is 8.02. The monoisotopic (exact) mass is 327 g/mol. The molecule has 1 aromatic carbocycles. The Bertz CT molecular complexity index is 761. The van der Waals surface area contributed by atoms with Gasteiger partial charge in [0.1, 0.15) is 23.4 Å². The predicted molar refractivity (Wildman–Crippen MR) is 91.5 cm³/mol.